The Balaban J connectivity index is 1.89. The van der Waals surface area contributed by atoms with Gasteiger partial charge in [0.1, 0.15) is 5.75 Å². The fraction of sp³-hybridized carbons (Fsp3) is 0.562. The number of hydrogen-bond donors (Lipinski definition) is 3. The molecule has 1 aromatic rings. The van der Waals surface area contributed by atoms with E-state index >= 15 is 0 Å². The van der Waals surface area contributed by atoms with Crippen LogP contribution in [0.25, 0.3) is 0 Å². The fourth-order valence-corrected chi connectivity index (χ4v) is 2.77. The molecule has 1 aromatic carbocycles. The number of aryl methyl sites for hydroxylation is 1. The number of carbonyl (C=O) groups excluding carboxylic acids is 1. The second kappa shape index (κ2) is 6.75. The van der Waals surface area contributed by atoms with E-state index in [1.54, 1.807) is 12.1 Å². The van der Waals surface area contributed by atoms with Crippen molar-refractivity contribution in [3.8, 4) is 5.75 Å². The zero-order valence-corrected chi connectivity index (χ0v) is 12.3. The number of hydrogen-bond acceptors (Lipinski definition) is 3. The number of amides is 1. The van der Waals surface area contributed by atoms with Gasteiger partial charge in [-0.15, -0.1) is 0 Å². The number of carbonyl (C=O) groups is 1. The van der Waals surface area contributed by atoms with Crippen LogP contribution < -0.4 is 10.6 Å². The van der Waals surface area contributed by atoms with Gasteiger partial charge in [-0.1, -0.05) is 13.0 Å². The first kappa shape index (κ1) is 14.9. The second-order valence-electron chi connectivity index (χ2n) is 5.86. The van der Waals surface area contributed by atoms with E-state index in [4.69, 9.17) is 0 Å². The average Bonchev–Trinajstić information content (AvgIpc) is 2.43. The maximum absolute atomic E-state index is 12.1. The molecule has 2 atom stereocenters. The number of phenols is 1. The van der Waals surface area contributed by atoms with Crippen molar-refractivity contribution in [1.29, 1.82) is 0 Å². The summed E-state index contributed by atoms with van der Waals surface area (Å²) < 4.78 is 0. The quantitative estimate of drug-likeness (QED) is 0.741. The Bertz CT molecular complexity index is 468. The maximum Gasteiger partial charge on any atom is 0.224 e. The van der Waals surface area contributed by atoms with Crippen LogP contribution in [0.4, 0.5) is 5.69 Å². The molecule has 0 saturated carbocycles. The highest BCUT2D eigenvalue weighted by Crippen LogP contribution is 2.26. The molecule has 1 aliphatic heterocycles. The fourth-order valence-electron chi connectivity index (χ4n) is 2.77. The van der Waals surface area contributed by atoms with Crippen molar-refractivity contribution in [2.45, 2.75) is 33.1 Å². The van der Waals surface area contributed by atoms with Crippen molar-refractivity contribution in [2.24, 2.45) is 11.8 Å². The lowest BCUT2D eigenvalue weighted by Crippen LogP contribution is -2.34. The van der Waals surface area contributed by atoms with E-state index < -0.39 is 0 Å². The number of anilines is 1. The topological polar surface area (TPSA) is 61.4 Å². The number of aromatic hydroxyl groups is 1. The van der Waals surface area contributed by atoms with Gasteiger partial charge in [0, 0.05) is 6.42 Å². The third kappa shape index (κ3) is 3.97. The van der Waals surface area contributed by atoms with E-state index in [9.17, 15) is 9.90 Å². The first-order valence-electron chi connectivity index (χ1n) is 7.36. The third-order valence-electron chi connectivity index (χ3n) is 4.07. The molecule has 0 radical (unpaired) electrons. The predicted octanol–water partition coefficient (Wildman–Crippen LogP) is 2.66. The molecule has 1 heterocycles. The molecule has 0 spiro atoms. The highest BCUT2D eigenvalue weighted by molar-refractivity contribution is 5.92. The summed E-state index contributed by atoms with van der Waals surface area (Å²) in [5, 5.41) is 15.9. The molecular weight excluding hydrogens is 252 g/mol. The lowest BCUT2D eigenvalue weighted by Gasteiger charge is -2.28. The lowest BCUT2D eigenvalue weighted by atomic mass is 9.85. The minimum atomic E-state index is -0.0241. The summed E-state index contributed by atoms with van der Waals surface area (Å²) in [5.41, 5.74) is 1.52. The van der Waals surface area contributed by atoms with E-state index in [-0.39, 0.29) is 11.7 Å². The average molecular weight is 276 g/mol. The molecule has 110 valence electrons. The molecular formula is C16H24N2O2. The Morgan fingerprint density at radius 3 is 3.05 bits per heavy atom. The number of benzene rings is 1. The van der Waals surface area contributed by atoms with Crippen LogP contribution in [0, 0.1) is 18.8 Å². The van der Waals surface area contributed by atoms with Crippen LogP contribution in [-0.4, -0.2) is 24.1 Å². The molecule has 1 saturated heterocycles. The van der Waals surface area contributed by atoms with Crippen molar-refractivity contribution in [1.82, 2.24) is 5.32 Å². The summed E-state index contributed by atoms with van der Waals surface area (Å²) in [6.07, 6.45) is 2.88. The van der Waals surface area contributed by atoms with Crippen molar-refractivity contribution < 1.29 is 9.90 Å². The largest absolute Gasteiger partial charge is 0.506 e. The first-order valence-corrected chi connectivity index (χ1v) is 7.36. The van der Waals surface area contributed by atoms with Crippen molar-refractivity contribution >= 4 is 11.6 Å². The highest BCUT2D eigenvalue weighted by atomic mass is 16.3. The Hall–Kier alpha value is -1.55. The van der Waals surface area contributed by atoms with Gasteiger partial charge in [-0.25, -0.2) is 0 Å². The van der Waals surface area contributed by atoms with E-state index in [1.807, 2.05) is 13.0 Å². The van der Waals surface area contributed by atoms with Crippen LogP contribution >= 0.6 is 0 Å². The molecule has 1 amide bonds. The highest BCUT2D eigenvalue weighted by Gasteiger charge is 2.22. The van der Waals surface area contributed by atoms with Gasteiger partial charge >= 0.3 is 0 Å². The molecule has 20 heavy (non-hydrogen) atoms. The van der Waals surface area contributed by atoms with Crippen molar-refractivity contribution in [3.63, 3.8) is 0 Å². The first-order chi connectivity index (χ1) is 9.56. The Labute approximate surface area is 120 Å². The van der Waals surface area contributed by atoms with Crippen LogP contribution in [0.3, 0.4) is 0 Å². The monoisotopic (exact) mass is 276 g/mol. The van der Waals surface area contributed by atoms with Gasteiger partial charge in [0.2, 0.25) is 5.91 Å². The zero-order chi connectivity index (χ0) is 14.5. The summed E-state index contributed by atoms with van der Waals surface area (Å²) in [6, 6.07) is 5.22. The molecule has 2 rings (SSSR count). The van der Waals surface area contributed by atoms with E-state index in [2.05, 4.69) is 17.6 Å². The second-order valence-corrected chi connectivity index (χ2v) is 5.86. The number of piperidine rings is 1. The molecule has 0 bridgehead atoms. The smallest absolute Gasteiger partial charge is 0.224 e. The van der Waals surface area contributed by atoms with E-state index in [0.29, 0.717) is 23.9 Å². The third-order valence-corrected chi connectivity index (χ3v) is 4.07. The minimum Gasteiger partial charge on any atom is -0.506 e. The normalized spacial score (nSPS) is 20.4. The summed E-state index contributed by atoms with van der Waals surface area (Å²) in [4.78, 5) is 12.1. The van der Waals surface area contributed by atoms with Gasteiger partial charge in [0.05, 0.1) is 5.69 Å². The van der Waals surface area contributed by atoms with Crippen LogP contribution in [0.15, 0.2) is 18.2 Å². The molecule has 0 aliphatic carbocycles. The summed E-state index contributed by atoms with van der Waals surface area (Å²) >= 11 is 0. The van der Waals surface area contributed by atoms with Gasteiger partial charge in [-0.3, -0.25) is 4.79 Å². The van der Waals surface area contributed by atoms with Gasteiger partial charge in [-0.2, -0.15) is 0 Å². The number of rotatable bonds is 4. The van der Waals surface area contributed by atoms with E-state index in [1.165, 1.54) is 12.8 Å². The predicted molar refractivity (Wildman–Crippen MR) is 80.8 cm³/mol. The Morgan fingerprint density at radius 1 is 1.55 bits per heavy atom. The Morgan fingerprint density at radius 2 is 2.35 bits per heavy atom. The van der Waals surface area contributed by atoms with E-state index in [0.717, 1.165) is 18.7 Å². The Kier molecular flexibility index (Phi) is 5.01. The molecule has 3 N–H and O–H groups in total. The standard InChI is InChI=1S/C16H24N2O2/c1-11-5-6-15(19)14(8-11)18-16(20)9-12(2)13-4-3-7-17-10-13/h5-6,8,12-13,17,19H,3-4,7,9-10H2,1-2H3,(H,18,20). The summed E-state index contributed by atoms with van der Waals surface area (Å²) in [5.74, 6) is 1.02. The molecule has 1 aliphatic rings. The maximum atomic E-state index is 12.1. The molecule has 4 heteroatoms. The minimum absolute atomic E-state index is 0.0241. The molecule has 2 unspecified atom stereocenters. The molecule has 0 aromatic heterocycles. The summed E-state index contributed by atoms with van der Waals surface area (Å²) in [7, 11) is 0. The van der Waals surface area contributed by atoms with Crippen molar-refractivity contribution in [3.05, 3.63) is 23.8 Å². The van der Waals surface area contributed by atoms with Gasteiger partial charge < -0.3 is 15.7 Å². The van der Waals surface area contributed by atoms with Gasteiger partial charge in [0.25, 0.3) is 0 Å². The number of nitrogens with one attached hydrogen (secondary N) is 2. The van der Waals surface area contributed by atoms with Crippen LogP contribution in [0.1, 0.15) is 31.7 Å². The van der Waals surface area contributed by atoms with Crippen molar-refractivity contribution in [2.75, 3.05) is 18.4 Å². The van der Waals surface area contributed by atoms with Crippen LogP contribution in [-0.2, 0) is 4.79 Å². The number of phenolic OH excluding ortho intramolecular Hbond substituents is 1. The summed E-state index contributed by atoms with van der Waals surface area (Å²) in [6.45, 7) is 6.16. The SMILES string of the molecule is Cc1ccc(O)c(NC(=O)CC(C)C2CCCNC2)c1. The van der Waals surface area contributed by atoms with Crippen LogP contribution in [0.2, 0.25) is 0 Å². The lowest BCUT2D eigenvalue weighted by molar-refractivity contribution is -0.117. The van der Waals surface area contributed by atoms with Gasteiger partial charge in [0.15, 0.2) is 0 Å². The molecule has 1 fully saturated rings. The van der Waals surface area contributed by atoms with Gasteiger partial charge in [-0.05, 0) is 62.4 Å². The zero-order valence-electron chi connectivity index (χ0n) is 12.3. The molecule has 4 nitrogen and oxygen atoms in total. The van der Waals surface area contributed by atoms with Crippen LogP contribution in [0.5, 0.6) is 5.75 Å².